The van der Waals surface area contributed by atoms with Crippen LogP contribution in [-0.4, -0.2) is 42.1 Å². The van der Waals surface area contributed by atoms with E-state index in [0.717, 1.165) is 32.5 Å². The number of nitrogens with zero attached hydrogens (tertiary/aromatic N) is 1. The summed E-state index contributed by atoms with van der Waals surface area (Å²) in [5.41, 5.74) is 0.476. The molecule has 0 spiro atoms. The predicted octanol–water partition coefficient (Wildman–Crippen LogP) is 1.85. The number of benzene rings is 1. The third-order valence-corrected chi connectivity index (χ3v) is 4.77. The molecule has 1 saturated heterocycles. The van der Waals surface area contributed by atoms with Crippen LogP contribution in [0.5, 0.6) is 0 Å². The molecule has 0 aromatic heterocycles. The fourth-order valence-corrected chi connectivity index (χ4v) is 3.18. The summed E-state index contributed by atoms with van der Waals surface area (Å²) in [6, 6.07) is 5.55. The van der Waals surface area contributed by atoms with Gasteiger partial charge in [0.25, 0.3) is 5.91 Å². The maximum Gasteiger partial charge on any atom is 0.253 e. The highest BCUT2D eigenvalue weighted by Crippen LogP contribution is 2.46. The van der Waals surface area contributed by atoms with E-state index in [4.69, 9.17) is 0 Å². The summed E-state index contributed by atoms with van der Waals surface area (Å²) >= 11 is 0. The van der Waals surface area contributed by atoms with Crippen LogP contribution in [0, 0.1) is 11.2 Å². The number of amides is 1. The van der Waals surface area contributed by atoms with E-state index in [2.05, 4.69) is 10.2 Å². The molecule has 120 valence electrons. The molecular formula is C17H23FN2O2. The lowest BCUT2D eigenvalue weighted by Gasteiger charge is -2.23. The van der Waals surface area contributed by atoms with Gasteiger partial charge in [-0.05, 0) is 56.5 Å². The number of carbonyl (C=O) groups is 1. The lowest BCUT2D eigenvalue weighted by atomic mass is 10.1. The van der Waals surface area contributed by atoms with Crippen LogP contribution in [0.25, 0.3) is 0 Å². The van der Waals surface area contributed by atoms with Crippen molar-refractivity contribution in [1.29, 1.82) is 0 Å². The highest BCUT2D eigenvalue weighted by atomic mass is 19.1. The first-order valence-electron chi connectivity index (χ1n) is 8.02. The topological polar surface area (TPSA) is 52.6 Å². The normalized spacial score (nSPS) is 21.5. The SMILES string of the molecule is O=C(NCC1(CN2CCCC2)CC1)C(O)c1cccc(F)c1. The van der Waals surface area contributed by atoms with Crippen LogP contribution in [0.1, 0.15) is 37.4 Å². The second kappa shape index (κ2) is 6.34. The number of likely N-dealkylation sites (tertiary alicyclic amines) is 1. The molecule has 2 aliphatic rings. The van der Waals surface area contributed by atoms with Crippen LogP contribution in [0.3, 0.4) is 0 Å². The molecule has 1 saturated carbocycles. The van der Waals surface area contributed by atoms with Crippen molar-refractivity contribution in [1.82, 2.24) is 10.2 Å². The van der Waals surface area contributed by atoms with Crippen molar-refractivity contribution in [2.45, 2.75) is 31.8 Å². The van der Waals surface area contributed by atoms with Gasteiger partial charge in [-0.25, -0.2) is 4.39 Å². The Labute approximate surface area is 130 Å². The Kier molecular flexibility index (Phi) is 4.45. The summed E-state index contributed by atoms with van der Waals surface area (Å²) in [6.07, 6.45) is 3.47. The third kappa shape index (κ3) is 3.65. The zero-order valence-electron chi connectivity index (χ0n) is 12.7. The number of nitrogens with one attached hydrogen (secondary N) is 1. The molecule has 22 heavy (non-hydrogen) atoms. The van der Waals surface area contributed by atoms with Crippen molar-refractivity contribution >= 4 is 5.91 Å². The molecule has 5 heteroatoms. The Bertz CT molecular complexity index is 539. The monoisotopic (exact) mass is 306 g/mol. The lowest BCUT2D eigenvalue weighted by Crippen LogP contribution is -2.39. The van der Waals surface area contributed by atoms with Crippen molar-refractivity contribution < 1.29 is 14.3 Å². The van der Waals surface area contributed by atoms with Gasteiger partial charge in [0.2, 0.25) is 0 Å². The molecule has 1 heterocycles. The minimum Gasteiger partial charge on any atom is -0.378 e. The smallest absolute Gasteiger partial charge is 0.253 e. The summed E-state index contributed by atoms with van der Waals surface area (Å²) in [5.74, 6) is -0.893. The highest BCUT2D eigenvalue weighted by molar-refractivity contribution is 5.81. The van der Waals surface area contributed by atoms with E-state index >= 15 is 0 Å². The third-order valence-electron chi connectivity index (χ3n) is 4.77. The van der Waals surface area contributed by atoms with E-state index in [0.29, 0.717) is 12.1 Å². The number of aliphatic hydroxyl groups excluding tert-OH is 1. The van der Waals surface area contributed by atoms with Crippen molar-refractivity contribution in [2.75, 3.05) is 26.2 Å². The molecule has 1 atom stereocenters. The van der Waals surface area contributed by atoms with E-state index in [1.807, 2.05) is 0 Å². The summed E-state index contributed by atoms with van der Waals surface area (Å²) in [5, 5.41) is 12.9. The van der Waals surface area contributed by atoms with Gasteiger partial charge in [0.05, 0.1) is 0 Å². The number of hydrogen-bond donors (Lipinski definition) is 2. The molecule has 0 radical (unpaired) electrons. The lowest BCUT2D eigenvalue weighted by molar-refractivity contribution is -0.129. The summed E-state index contributed by atoms with van der Waals surface area (Å²) in [7, 11) is 0. The maximum atomic E-state index is 13.2. The van der Waals surface area contributed by atoms with Gasteiger partial charge in [-0.2, -0.15) is 0 Å². The molecule has 1 aliphatic heterocycles. The van der Waals surface area contributed by atoms with Crippen LogP contribution in [0.4, 0.5) is 4.39 Å². The van der Waals surface area contributed by atoms with Crippen LogP contribution >= 0.6 is 0 Å². The van der Waals surface area contributed by atoms with E-state index < -0.39 is 17.8 Å². The standard InChI is InChI=1S/C17H23FN2O2/c18-14-5-3-4-13(10-14)15(21)16(22)19-11-17(6-7-17)12-20-8-1-2-9-20/h3-5,10,15,21H,1-2,6-9,11-12H2,(H,19,22). The number of hydrogen-bond acceptors (Lipinski definition) is 3. The van der Waals surface area contributed by atoms with Gasteiger partial charge in [-0.15, -0.1) is 0 Å². The predicted molar refractivity (Wildman–Crippen MR) is 81.7 cm³/mol. The van der Waals surface area contributed by atoms with Crippen molar-refractivity contribution in [3.05, 3.63) is 35.6 Å². The zero-order chi connectivity index (χ0) is 15.6. The van der Waals surface area contributed by atoms with Gasteiger partial charge in [0.15, 0.2) is 6.10 Å². The van der Waals surface area contributed by atoms with Crippen molar-refractivity contribution in [2.24, 2.45) is 5.41 Å². The van der Waals surface area contributed by atoms with E-state index in [1.165, 1.54) is 31.0 Å². The Morgan fingerprint density at radius 1 is 1.36 bits per heavy atom. The van der Waals surface area contributed by atoms with Gasteiger partial charge >= 0.3 is 0 Å². The molecule has 1 aromatic carbocycles. The van der Waals surface area contributed by atoms with Crippen LogP contribution in [0.2, 0.25) is 0 Å². The Morgan fingerprint density at radius 3 is 2.73 bits per heavy atom. The largest absolute Gasteiger partial charge is 0.378 e. The van der Waals surface area contributed by atoms with Gasteiger partial charge in [0, 0.05) is 18.5 Å². The first kappa shape index (κ1) is 15.4. The number of carbonyl (C=O) groups excluding carboxylic acids is 1. The molecule has 3 rings (SSSR count). The van der Waals surface area contributed by atoms with E-state index in [-0.39, 0.29) is 5.41 Å². The summed E-state index contributed by atoms with van der Waals surface area (Å²) in [4.78, 5) is 14.5. The average Bonchev–Trinajstić information content (AvgIpc) is 3.08. The minimum atomic E-state index is -1.31. The van der Waals surface area contributed by atoms with Crippen LogP contribution in [-0.2, 0) is 4.79 Å². The van der Waals surface area contributed by atoms with Gasteiger partial charge < -0.3 is 15.3 Å². The molecular weight excluding hydrogens is 283 g/mol. The van der Waals surface area contributed by atoms with Crippen molar-refractivity contribution in [3.63, 3.8) is 0 Å². The van der Waals surface area contributed by atoms with Gasteiger partial charge in [0.1, 0.15) is 5.82 Å². The number of halogens is 1. The van der Waals surface area contributed by atoms with Crippen molar-refractivity contribution in [3.8, 4) is 0 Å². The molecule has 2 fully saturated rings. The van der Waals surface area contributed by atoms with E-state index in [9.17, 15) is 14.3 Å². The first-order chi connectivity index (χ1) is 10.6. The van der Waals surface area contributed by atoms with E-state index in [1.54, 1.807) is 6.07 Å². The second-order valence-corrected chi connectivity index (χ2v) is 6.66. The summed E-state index contributed by atoms with van der Waals surface area (Å²) in [6.45, 7) is 3.93. The minimum absolute atomic E-state index is 0.182. The first-order valence-corrected chi connectivity index (χ1v) is 8.02. The molecule has 1 unspecified atom stereocenters. The quantitative estimate of drug-likeness (QED) is 0.843. The van der Waals surface area contributed by atoms with Crippen LogP contribution < -0.4 is 5.32 Å². The zero-order valence-corrected chi connectivity index (χ0v) is 12.7. The Morgan fingerprint density at radius 2 is 2.09 bits per heavy atom. The maximum absolute atomic E-state index is 13.2. The van der Waals surface area contributed by atoms with Gasteiger partial charge in [-0.1, -0.05) is 12.1 Å². The average molecular weight is 306 g/mol. The Hall–Kier alpha value is -1.46. The van der Waals surface area contributed by atoms with Gasteiger partial charge in [-0.3, -0.25) is 4.79 Å². The second-order valence-electron chi connectivity index (χ2n) is 6.66. The van der Waals surface area contributed by atoms with Crippen LogP contribution in [0.15, 0.2) is 24.3 Å². The Balaban J connectivity index is 1.51. The summed E-state index contributed by atoms with van der Waals surface area (Å²) < 4.78 is 13.2. The molecule has 1 aromatic rings. The number of rotatable bonds is 6. The number of aliphatic hydroxyl groups is 1. The fraction of sp³-hybridized carbons (Fsp3) is 0.588. The fourth-order valence-electron chi connectivity index (χ4n) is 3.18. The highest BCUT2D eigenvalue weighted by Gasteiger charge is 2.44. The molecule has 1 aliphatic carbocycles. The molecule has 4 nitrogen and oxygen atoms in total. The molecule has 1 amide bonds. The molecule has 2 N–H and O–H groups in total. The molecule has 0 bridgehead atoms.